The van der Waals surface area contributed by atoms with Crippen LogP contribution in [0, 0.1) is 5.92 Å². The highest BCUT2D eigenvalue weighted by Crippen LogP contribution is 2.22. The van der Waals surface area contributed by atoms with Crippen LogP contribution in [0.1, 0.15) is 20.3 Å². The zero-order chi connectivity index (χ0) is 9.68. The van der Waals surface area contributed by atoms with Crippen molar-refractivity contribution in [2.75, 3.05) is 12.5 Å². The minimum atomic E-state index is -0.262. The fraction of sp³-hybridized carbons (Fsp3) is 0.800. The fourth-order valence-electron chi connectivity index (χ4n) is 1.41. The van der Waals surface area contributed by atoms with E-state index in [-0.39, 0.29) is 12.4 Å². The van der Waals surface area contributed by atoms with Crippen molar-refractivity contribution < 1.29 is 9.47 Å². The van der Waals surface area contributed by atoms with E-state index in [1.54, 1.807) is 0 Å². The predicted molar refractivity (Wildman–Crippen MR) is 53.9 cm³/mol. The summed E-state index contributed by atoms with van der Waals surface area (Å²) in [7, 11) is 0. The smallest absolute Gasteiger partial charge is 0.171 e. The summed E-state index contributed by atoms with van der Waals surface area (Å²) >= 11 is 5.70. The third kappa shape index (κ3) is 3.29. The second-order valence-electron chi connectivity index (χ2n) is 3.28. The third-order valence-corrected chi connectivity index (χ3v) is 2.43. The molecule has 0 aromatic carbocycles. The lowest BCUT2D eigenvalue weighted by Crippen LogP contribution is -2.27. The average Bonchev–Trinajstić information content (AvgIpc) is 2.51. The molecule has 0 N–H and O–H groups in total. The Morgan fingerprint density at radius 1 is 1.62 bits per heavy atom. The van der Waals surface area contributed by atoms with Crippen LogP contribution in [0.4, 0.5) is 0 Å². The summed E-state index contributed by atoms with van der Waals surface area (Å²) in [5.74, 6) is 0.941. The molecule has 0 aromatic heterocycles. The summed E-state index contributed by atoms with van der Waals surface area (Å²) in [6, 6.07) is 0. The van der Waals surface area contributed by atoms with Gasteiger partial charge in [-0.1, -0.05) is 19.1 Å². The Morgan fingerprint density at radius 3 is 2.85 bits per heavy atom. The molecule has 0 aromatic rings. The SMILES string of the molecule is CCOC(CCl)OC1C=CCC1C. The molecule has 0 bridgehead atoms. The standard InChI is InChI=1S/C10H17ClO2/c1-3-12-10(7-11)13-9-6-4-5-8(9)2/h4,6,8-10H,3,5,7H2,1-2H3. The lowest BCUT2D eigenvalue weighted by Gasteiger charge is -2.22. The molecule has 0 heterocycles. The van der Waals surface area contributed by atoms with Crippen LogP contribution in [0.2, 0.25) is 0 Å². The molecule has 0 amide bonds. The number of ether oxygens (including phenoxy) is 2. The molecule has 1 aliphatic rings. The van der Waals surface area contributed by atoms with Crippen molar-refractivity contribution in [2.24, 2.45) is 5.92 Å². The molecule has 1 rings (SSSR count). The van der Waals surface area contributed by atoms with Crippen LogP contribution in [0.15, 0.2) is 12.2 Å². The maximum absolute atomic E-state index is 5.70. The van der Waals surface area contributed by atoms with Crippen LogP contribution in [-0.2, 0) is 9.47 Å². The van der Waals surface area contributed by atoms with E-state index in [9.17, 15) is 0 Å². The molecule has 3 unspecified atom stereocenters. The Labute approximate surface area is 84.9 Å². The third-order valence-electron chi connectivity index (χ3n) is 2.18. The van der Waals surface area contributed by atoms with E-state index in [1.165, 1.54) is 0 Å². The zero-order valence-electron chi connectivity index (χ0n) is 8.20. The summed E-state index contributed by atoms with van der Waals surface area (Å²) in [5, 5.41) is 0. The van der Waals surface area contributed by atoms with E-state index in [1.807, 2.05) is 6.92 Å². The van der Waals surface area contributed by atoms with E-state index in [4.69, 9.17) is 21.1 Å². The molecule has 0 saturated carbocycles. The molecular weight excluding hydrogens is 188 g/mol. The Morgan fingerprint density at radius 2 is 2.38 bits per heavy atom. The van der Waals surface area contributed by atoms with Gasteiger partial charge in [-0.15, -0.1) is 11.6 Å². The molecule has 2 nitrogen and oxygen atoms in total. The first-order valence-corrected chi connectivity index (χ1v) is 5.31. The highest BCUT2D eigenvalue weighted by Gasteiger charge is 2.22. The number of halogens is 1. The van der Waals surface area contributed by atoms with E-state index in [2.05, 4.69) is 19.1 Å². The first kappa shape index (κ1) is 11.0. The molecule has 13 heavy (non-hydrogen) atoms. The maximum atomic E-state index is 5.70. The van der Waals surface area contributed by atoms with Crippen molar-refractivity contribution in [1.82, 2.24) is 0 Å². The Balaban J connectivity index is 2.32. The highest BCUT2D eigenvalue weighted by molar-refractivity contribution is 6.18. The fourth-order valence-corrected chi connectivity index (χ4v) is 1.57. The molecule has 3 heteroatoms. The van der Waals surface area contributed by atoms with Gasteiger partial charge >= 0.3 is 0 Å². The van der Waals surface area contributed by atoms with Crippen LogP contribution in [-0.4, -0.2) is 24.9 Å². The van der Waals surface area contributed by atoms with Gasteiger partial charge in [-0.3, -0.25) is 0 Å². The van der Waals surface area contributed by atoms with Crippen molar-refractivity contribution >= 4 is 11.6 Å². The van der Waals surface area contributed by atoms with Gasteiger partial charge in [0.2, 0.25) is 0 Å². The van der Waals surface area contributed by atoms with Gasteiger partial charge in [0.1, 0.15) is 0 Å². The van der Waals surface area contributed by atoms with Crippen LogP contribution in [0.25, 0.3) is 0 Å². The second kappa shape index (κ2) is 5.63. The zero-order valence-corrected chi connectivity index (χ0v) is 8.96. The predicted octanol–water partition coefficient (Wildman–Crippen LogP) is 2.57. The molecule has 0 saturated heterocycles. The number of allylic oxidation sites excluding steroid dienone is 1. The summed E-state index contributed by atoms with van der Waals surface area (Å²) in [4.78, 5) is 0. The maximum Gasteiger partial charge on any atom is 0.171 e. The first-order chi connectivity index (χ1) is 6.27. The summed E-state index contributed by atoms with van der Waals surface area (Å²) in [5.41, 5.74) is 0. The van der Waals surface area contributed by atoms with Gasteiger partial charge in [0, 0.05) is 6.61 Å². The molecular formula is C10H17ClO2. The normalized spacial score (nSPS) is 29.5. The first-order valence-electron chi connectivity index (χ1n) is 4.77. The van der Waals surface area contributed by atoms with E-state index < -0.39 is 0 Å². The number of alkyl halides is 1. The van der Waals surface area contributed by atoms with Gasteiger partial charge in [0.15, 0.2) is 6.29 Å². The molecule has 3 atom stereocenters. The largest absolute Gasteiger partial charge is 0.352 e. The average molecular weight is 205 g/mol. The van der Waals surface area contributed by atoms with Crippen LogP contribution in [0.3, 0.4) is 0 Å². The van der Waals surface area contributed by atoms with Crippen molar-refractivity contribution in [2.45, 2.75) is 32.7 Å². The van der Waals surface area contributed by atoms with Crippen molar-refractivity contribution in [3.63, 3.8) is 0 Å². The molecule has 76 valence electrons. The summed E-state index contributed by atoms with van der Waals surface area (Å²) in [6.07, 6.45) is 5.24. The van der Waals surface area contributed by atoms with E-state index >= 15 is 0 Å². The monoisotopic (exact) mass is 204 g/mol. The van der Waals surface area contributed by atoms with Crippen molar-refractivity contribution in [3.05, 3.63) is 12.2 Å². The Hall–Kier alpha value is -0.0500. The molecule has 1 aliphatic carbocycles. The number of hydrogen-bond acceptors (Lipinski definition) is 2. The van der Waals surface area contributed by atoms with Gasteiger partial charge in [-0.2, -0.15) is 0 Å². The molecule has 0 spiro atoms. The second-order valence-corrected chi connectivity index (χ2v) is 3.59. The van der Waals surface area contributed by atoms with Crippen molar-refractivity contribution in [3.8, 4) is 0 Å². The van der Waals surface area contributed by atoms with E-state index in [0.717, 1.165) is 6.42 Å². The number of rotatable bonds is 5. The van der Waals surface area contributed by atoms with Gasteiger partial charge in [0.25, 0.3) is 0 Å². The Bertz CT molecular complexity index is 170. The molecule has 0 radical (unpaired) electrons. The molecule has 0 fully saturated rings. The van der Waals surface area contributed by atoms with Gasteiger partial charge in [-0.25, -0.2) is 0 Å². The molecule has 0 aliphatic heterocycles. The lowest BCUT2D eigenvalue weighted by atomic mass is 10.1. The summed E-state index contributed by atoms with van der Waals surface area (Å²) in [6.45, 7) is 4.75. The van der Waals surface area contributed by atoms with Crippen molar-refractivity contribution in [1.29, 1.82) is 0 Å². The topological polar surface area (TPSA) is 18.5 Å². The van der Waals surface area contributed by atoms with Gasteiger partial charge < -0.3 is 9.47 Å². The number of hydrogen-bond donors (Lipinski definition) is 0. The lowest BCUT2D eigenvalue weighted by molar-refractivity contribution is -0.151. The van der Waals surface area contributed by atoms with Crippen LogP contribution in [0.5, 0.6) is 0 Å². The minimum Gasteiger partial charge on any atom is -0.352 e. The van der Waals surface area contributed by atoms with E-state index in [0.29, 0.717) is 18.4 Å². The van der Waals surface area contributed by atoms with Crippen LogP contribution < -0.4 is 0 Å². The van der Waals surface area contributed by atoms with Crippen LogP contribution >= 0.6 is 11.6 Å². The van der Waals surface area contributed by atoms with Gasteiger partial charge in [0.05, 0.1) is 12.0 Å². The Kier molecular flexibility index (Phi) is 4.78. The van der Waals surface area contributed by atoms with Gasteiger partial charge in [-0.05, 0) is 19.3 Å². The highest BCUT2D eigenvalue weighted by atomic mass is 35.5. The summed E-state index contributed by atoms with van der Waals surface area (Å²) < 4.78 is 11.0. The quantitative estimate of drug-likeness (QED) is 0.389. The minimum absolute atomic E-state index is 0.176.